The minimum Gasteiger partial charge on any atom is -0.481 e. The molecule has 29 heavy (non-hydrogen) atoms. The summed E-state index contributed by atoms with van der Waals surface area (Å²) in [4.78, 5) is 24.1. The van der Waals surface area contributed by atoms with E-state index in [4.69, 9.17) is 26.3 Å². The van der Waals surface area contributed by atoms with Gasteiger partial charge in [-0.15, -0.1) is 0 Å². The fraction of sp³-hybridized carbons (Fsp3) is 0.0455. The monoisotopic (exact) mass is 406 g/mol. The summed E-state index contributed by atoms with van der Waals surface area (Å²) in [6.07, 6.45) is 0. The number of carbonyl (C=O) groups is 2. The lowest BCUT2D eigenvalue weighted by Crippen LogP contribution is -2.18. The Balaban J connectivity index is 1.53. The van der Waals surface area contributed by atoms with Gasteiger partial charge in [-0.2, -0.15) is 5.26 Å². The molecule has 0 unspecified atom stereocenters. The van der Waals surface area contributed by atoms with Crippen LogP contribution in [0.15, 0.2) is 72.8 Å². The third-order valence-corrected chi connectivity index (χ3v) is 4.06. The van der Waals surface area contributed by atoms with Gasteiger partial charge in [-0.1, -0.05) is 23.7 Å². The molecule has 0 saturated carbocycles. The number of esters is 1. The molecule has 0 spiro atoms. The zero-order valence-electron chi connectivity index (χ0n) is 15.1. The molecular weight excluding hydrogens is 392 g/mol. The summed E-state index contributed by atoms with van der Waals surface area (Å²) < 4.78 is 10.5. The maximum absolute atomic E-state index is 12.2. The molecule has 0 aliphatic carbocycles. The van der Waals surface area contributed by atoms with Crippen LogP contribution in [0.5, 0.6) is 11.5 Å². The van der Waals surface area contributed by atoms with Crippen molar-refractivity contribution >= 4 is 29.2 Å². The molecule has 0 fully saturated rings. The molecule has 3 aromatic rings. The largest absolute Gasteiger partial charge is 0.481 e. The van der Waals surface area contributed by atoms with Crippen LogP contribution in [0.25, 0.3) is 0 Å². The zero-order valence-corrected chi connectivity index (χ0v) is 15.8. The van der Waals surface area contributed by atoms with Crippen LogP contribution in [0.4, 0.5) is 5.69 Å². The molecule has 1 amide bonds. The second kappa shape index (κ2) is 9.40. The fourth-order valence-electron chi connectivity index (χ4n) is 2.39. The molecule has 0 aliphatic rings. The topological polar surface area (TPSA) is 88.4 Å². The van der Waals surface area contributed by atoms with Crippen molar-refractivity contribution in [1.29, 1.82) is 5.26 Å². The Kier molecular flexibility index (Phi) is 6.46. The summed E-state index contributed by atoms with van der Waals surface area (Å²) in [6.45, 7) is -0.340. The van der Waals surface area contributed by atoms with Crippen molar-refractivity contribution in [3.05, 3.63) is 88.9 Å². The Morgan fingerprint density at radius 3 is 2.34 bits per heavy atom. The molecule has 1 N–H and O–H groups in total. The van der Waals surface area contributed by atoms with Crippen molar-refractivity contribution in [2.75, 3.05) is 11.9 Å². The van der Waals surface area contributed by atoms with Crippen LogP contribution in [-0.2, 0) is 4.79 Å². The summed E-state index contributed by atoms with van der Waals surface area (Å²) in [7, 11) is 0. The minimum absolute atomic E-state index is 0.282. The molecule has 0 aromatic heterocycles. The molecule has 0 bridgehead atoms. The number of amides is 1. The van der Waals surface area contributed by atoms with E-state index in [0.29, 0.717) is 33.3 Å². The van der Waals surface area contributed by atoms with Gasteiger partial charge in [-0.3, -0.25) is 4.79 Å². The van der Waals surface area contributed by atoms with Gasteiger partial charge in [0, 0.05) is 16.3 Å². The maximum atomic E-state index is 12.2. The van der Waals surface area contributed by atoms with Gasteiger partial charge in [0.05, 0.1) is 5.56 Å². The third kappa shape index (κ3) is 5.58. The number of benzene rings is 3. The molecule has 0 atom stereocenters. The van der Waals surface area contributed by atoms with Crippen LogP contribution >= 0.6 is 11.6 Å². The molecule has 6 nitrogen and oxygen atoms in total. The first kappa shape index (κ1) is 19.9. The summed E-state index contributed by atoms with van der Waals surface area (Å²) >= 11 is 5.81. The van der Waals surface area contributed by atoms with Crippen LogP contribution in [0.2, 0.25) is 5.02 Å². The third-order valence-electron chi connectivity index (χ3n) is 3.80. The van der Waals surface area contributed by atoms with Crippen molar-refractivity contribution in [2.24, 2.45) is 0 Å². The first-order valence-corrected chi connectivity index (χ1v) is 8.92. The van der Waals surface area contributed by atoms with Gasteiger partial charge in [0.1, 0.15) is 17.6 Å². The van der Waals surface area contributed by atoms with E-state index in [1.54, 1.807) is 72.8 Å². The normalized spacial score (nSPS) is 9.93. The molecule has 0 aliphatic heterocycles. The van der Waals surface area contributed by atoms with E-state index in [9.17, 15) is 9.59 Å². The SMILES string of the molecule is N#Cc1ccccc1OCC(=O)Oc1ccc(NC(=O)c2ccc(Cl)cc2)cc1. The number of halogens is 1. The smallest absolute Gasteiger partial charge is 0.349 e. The molecule has 0 radical (unpaired) electrons. The average molecular weight is 407 g/mol. The van der Waals surface area contributed by atoms with Crippen LogP contribution in [0.1, 0.15) is 15.9 Å². The van der Waals surface area contributed by atoms with Gasteiger partial charge in [0.25, 0.3) is 5.91 Å². The Bertz CT molecular complexity index is 1060. The van der Waals surface area contributed by atoms with E-state index >= 15 is 0 Å². The molecule has 144 valence electrons. The highest BCUT2D eigenvalue weighted by molar-refractivity contribution is 6.30. The minimum atomic E-state index is -0.615. The van der Waals surface area contributed by atoms with Gasteiger partial charge in [0.2, 0.25) is 0 Å². The lowest BCUT2D eigenvalue weighted by Gasteiger charge is -2.09. The molecular formula is C22H15ClN2O4. The average Bonchev–Trinajstić information content (AvgIpc) is 2.74. The van der Waals surface area contributed by atoms with Crippen molar-refractivity contribution < 1.29 is 19.1 Å². The Morgan fingerprint density at radius 2 is 1.66 bits per heavy atom. The number of carbonyl (C=O) groups excluding carboxylic acids is 2. The molecule has 7 heteroatoms. The van der Waals surface area contributed by atoms with Crippen molar-refractivity contribution in [3.63, 3.8) is 0 Å². The number of rotatable bonds is 6. The molecule has 3 aromatic carbocycles. The van der Waals surface area contributed by atoms with Crippen LogP contribution < -0.4 is 14.8 Å². The highest BCUT2D eigenvalue weighted by Crippen LogP contribution is 2.19. The second-order valence-corrected chi connectivity index (χ2v) is 6.29. The predicted octanol–water partition coefficient (Wildman–Crippen LogP) is 4.45. The molecule has 0 saturated heterocycles. The van der Waals surface area contributed by atoms with Crippen LogP contribution in [0.3, 0.4) is 0 Å². The van der Waals surface area contributed by atoms with E-state index in [2.05, 4.69) is 5.32 Å². The van der Waals surface area contributed by atoms with Crippen LogP contribution in [0, 0.1) is 11.3 Å². The zero-order chi connectivity index (χ0) is 20.6. The van der Waals surface area contributed by atoms with E-state index in [0.717, 1.165) is 0 Å². The summed E-state index contributed by atoms with van der Waals surface area (Å²) in [5, 5.41) is 12.3. The predicted molar refractivity (Wildman–Crippen MR) is 108 cm³/mol. The number of nitrogens with one attached hydrogen (secondary N) is 1. The van der Waals surface area contributed by atoms with Crippen LogP contribution in [-0.4, -0.2) is 18.5 Å². The number of para-hydroxylation sites is 1. The molecule has 3 rings (SSSR count). The quantitative estimate of drug-likeness (QED) is 0.482. The standard InChI is InChI=1S/C22H15ClN2O4/c23-17-7-5-15(6-8-17)22(27)25-18-9-11-19(12-10-18)29-21(26)14-28-20-4-2-1-3-16(20)13-24/h1-12H,14H2,(H,25,27). The fourth-order valence-corrected chi connectivity index (χ4v) is 2.52. The Morgan fingerprint density at radius 1 is 0.966 bits per heavy atom. The number of hydrogen-bond acceptors (Lipinski definition) is 5. The summed E-state index contributed by atoms with van der Waals surface area (Å²) in [6, 6.07) is 21.4. The van der Waals surface area contributed by atoms with E-state index in [1.165, 1.54) is 0 Å². The first-order valence-electron chi connectivity index (χ1n) is 8.55. The maximum Gasteiger partial charge on any atom is 0.349 e. The molecule has 0 heterocycles. The van der Waals surface area contributed by atoms with Gasteiger partial charge in [-0.25, -0.2) is 4.79 Å². The van der Waals surface area contributed by atoms with Crippen molar-refractivity contribution in [1.82, 2.24) is 0 Å². The Hall–Kier alpha value is -3.82. The van der Waals surface area contributed by atoms with Crippen molar-refractivity contribution in [3.8, 4) is 17.6 Å². The lowest BCUT2D eigenvalue weighted by atomic mass is 10.2. The highest BCUT2D eigenvalue weighted by atomic mass is 35.5. The van der Waals surface area contributed by atoms with Gasteiger partial charge in [0.15, 0.2) is 6.61 Å². The van der Waals surface area contributed by atoms with Crippen molar-refractivity contribution in [2.45, 2.75) is 0 Å². The number of hydrogen-bond donors (Lipinski definition) is 1. The number of ether oxygens (including phenoxy) is 2. The van der Waals surface area contributed by atoms with Gasteiger partial charge < -0.3 is 14.8 Å². The number of nitrogens with zero attached hydrogens (tertiary/aromatic N) is 1. The number of anilines is 1. The first-order chi connectivity index (χ1) is 14.0. The summed E-state index contributed by atoms with van der Waals surface area (Å²) in [5.41, 5.74) is 1.35. The Labute approximate surface area is 172 Å². The summed E-state index contributed by atoms with van der Waals surface area (Å²) in [5.74, 6) is -0.282. The van der Waals surface area contributed by atoms with Gasteiger partial charge >= 0.3 is 5.97 Å². The second-order valence-electron chi connectivity index (χ2n) is 5.86. The van der Waals surface area contributed by atoms with E-state index in [1.807, 2.05) is 6.07 Å². The van der Waals surface area contributed by atoms with E-state index < -0.39 is 5.97 Å². The van der Waals surface area contributed by atoms with Gasteiger partial charge in [-0.05, 0) is 60.7 Å². The van der Waals surface area contributed by atoms with E-state index in [-0.39, 0.29) is 12.5 Å². The lowest BCUT2D eigenvalue weighted by molar-refractivity contribution is -0.136. The number of nitriles is 1. The highest BCUT2D eigenvalue weighted by Gasteiger charge is 2.10.